The number of fused-ring (bicyclic) bond motifs is 1. The molecule has 21 heavy (non-hydrogen) atoms. The van der Waals surface area contributed by atoms with Crippen molar-refractivity contribution in [3.05, 3.63) is 47.8 Å². The quantitative estimate of drug-likeness (QED) is 0.696. The van der Waals surface area contributed by atoms with Crippen molar-refractivity contribution < 1.29 is 9.50 Å². The Kier molecular flexibility index (Phi) is 3.98. The predicted molar refractivity (Wildman–Crippen MR) is 86.8 cm³/mol. The standard InChI is InChI=1S/C15H13FN2OS2/c1-20-15-18-13-3-2-11(7-14(13)21-15)17-8-9-4-10(16)6-12(19)5-9/h2-7,17,19H,8H2,1H3. The van der Waals surface area contributed by atoms with Gasteiger partial charge in [-0.25, -0.2) is 9.37 Å². The van der Waals surface area contributed by atoms with Gasteiger partial charge < -0.3 is 10.4 Å². The summed E-state index contributed by atoms with van der Waals surface area (Å²) in [7, 11) is 0. The van der Waals surface area contributed by atoms with E-state index in [0.29, 0.717) is 12.1 Å². The monoisotopic (exact) mass is 320 g/mol. The van der Waals surface area contributed by atoms with Crippen LogP contribution < -0.4 is 5.32 Å². The van der Waals surface area contributed by atoms with Gasteiger partial charge in [0.05, 0.1) is 10.2 Å². The van der Waals surface area contributed by atoms with Crippen LogP contribution in [0.2, 0.25) is 0 Å². The molecule has 0 fully saturated rings. The third kappa shape index (κ3) is 3.28. The van der Waals surface area contributed by atoms with Crippen LogP contribution in [0.15, 0.2) is 40.7 Å². The Bertz CT molecular complexity index is 768. The summed E-state index contributed by atoms with van der Waals surface area (Å²) in [6.45, 7) is 0.449. The first-order chi connectivity index (χ1) is 10.1. The summed E-state index contributed by atoms with van der Waals surface area (Å²) in [5.41, 5.74) is 2.63. The van der Waals surface area contributed by atoms with Gasteiger partial charge in [-0.15, -0.1) is 11.3 Å². The van der Waals surface area contributed by atoms with E-state index in [1.54, 1.807) is 29.2 Å². The molecule has 0 aliphatic heterocycles. The van der Waals surface area contributed by atoms with Crippen LogP contribution in [0.4, 0.5) is 10.1 Å². The van der Waals surface area contributed by atoms with Crippen LogP contribution in [0.25, 0.3) is 10.2 Å². The highest BCUT2D eigenvalue weighted by Gasteiger charge is 2.04. The fourth-order valence-electron chi connectivity index (χ4n) is 2.04. The summed E-state index contributed by atoms with van der Waals surface area (Å²) < 4.78 is 15.4. The van der Waals surface area contributed by atoms with Crippen LogP contribution in [0, 0.1) is 5.82 Å². The maximum Gasteiger partial charge on any atom is 0.150 e. The topological polar surface area (TPSA) is 45.2 Å². The Morgan fingerprint density at radius 3 is 2.90 bits per heavy atom. The average molecular weight is 320 g/mol. The summed E-state index contributed by atoms with van der Waals surface area (Å²) in [4.78, 5) is 4.48. The van der Waals surface area contributed by atoms with Crippen LogP contribution >= 0.6 is 23.1 Å². The van der Waals surface area contributed by atoms with E-state index in [2.05, 4.69) is 10.3 Å². The number of thiazole rings is 1. The summed E-state index contributed by atoms with van der Waals surface area (Å²) >= 11 is 3.28. The first-order valence-corrected chi connectivity index (χ1v) is 8.35. The highest BCUT2D eigenvalue weighted by Crippen LogP contribution is 2.30. The highest BCUT2D eigenvalue weighted by molar-refractivity contribution is 8.00. The number of thioether (sulfide) groups is 1. The molecule has 3 nitrogen and oxygen atoms in total. The van der Waals surface area contributed by atoms with Crippen LogP contribution in [0.1, 0.15) is 5.56 Å². The summed E-state index contributed by atoms with van der Waals surface area (Å²) in [6, 6.07) is 10.0. The number of nitrogens with zero attached hydrogens (tertiary/aromatic N) is 1. The van der Waals surface area contributed by atoms with Crippen LogP contribution in [-0.4, -0.2) is 16.3 Å². The van der Waals surface area contributed by atoms with Gasteiger partial charge in [-0.1, -0.05) is 11.8 Å². The smallest absolute Gasteiger partial charge is 0.150 e. The van der Waals surface area contributed by atoms with E-state index in [1.165, 1.54) is 6.07 Å². The zero-order valence-electron chi connectivity index (χ0n) is 11.3. The van der Waals surface area contributed by atoms with E-state index in [0.717, 1.165) is 26.3 Å². The predicted octanol–water partition coefficient (Wildman–Crippen LogP) is 4.48. The van der Waals surface area contributed by atoms with Gasteiger partial charge in [0.15, 0.2) is 4.34 Å². The lowest BCUT2D eigenvalue weighted by atomic mass is 10.2. The second kappa shape index (κ2) is 5.91. The molecule has 3 rings (SSSR count). The summed E-state index contributed by atoms with van der Waals surface area (Å²) in [5, 5.41) is 12.6. The number of hydrogen-bond acceptors (Lipinski definition) is 5. The molecule has 0 bridgehead atoms. The summed E-state index contributed by atoms with van der Waals surface area (Å²) in [6.07, 6.45) is 2.01. The lowest BCUT2D eigenvalue weighted by molar-refractivity contribution is 0.468. The molecule has 0 atom stereocenters. The van der Waals surface area contributed by atoms with E-state index in [4.69, 9.17) is 0 Å². The maximum absolute atomic E-state index is 13.2. The van der Waals surface area contributed by atoms with Gasteiger partial charge in [-0.3, -0.25) is 0 Å². The highest BCUT2D eigenvalue weighted by atomic mass is 32.2. The van der Waals surface area contributed by atoms with E-state index in [9.17, 15) is 9.50 Å². The molecule has 2 N–H and O–H groups in total. The molecular weight excluding hydrogens is 307 g/mol. The van der Waals surface area contributed by atoms with Crippen LogP contribution in [-0.2, 0) is 6.54 Å². The van der Waals surface area contributed by atoms with E-state index in [1.807, 2.05) is 24.5 Å². The fraction of sp³-hybridized carbons (Fsp3) is 0.133. The lowest BCUT2D eigenvalue weighted by Crippen LogP contribution is -1.99. The Labute approximate surface area is 129 Å². The lowest BCUT2D eigenvalue weighted by Gasteiger charge is -2.07. The molecular formula is C15H13FN2OS2. The number of rotatable bonds is 4. The Morgan fingerprint density at radius 1 is 1.29 bits per heavy atom. The third-order valence-electron chi connectivity index (χ3n) is 2.98. The number of hydrogen-bond donors (Lipinski definition) is 2. The molecule has 0 aliphatic rings. The minimum atomic E-state index is -0.436. The second-order valence-corrected chi connectivity index (χ2v) is 6.62. The molecule has 0 saturated heterocycles. The second-order valence-electron chi connectivity index (χ2n) is 4.54. The number of aromatic nitrogens is 1. The number of nitrogens with one attached hydrogen (secondary N) is 1. The maximum atomic E-state index is 13.2. The van der Waals surface area contributed by atoms with Gasteiger partial charge in [-0.05, 0) is 42.2 Å². The van der Waals surface area contributed by atoms with Gasteiger partial charge in [0.2, 0.25) is 0 Å². The van der Waals surface area contributed by atoms with Crippen molar-refractivity contribution in [3.63, 3.8) is 0 Å². The average Bonchev–Trinajstić information content (AvgIpc) is 2.86. The van der Waals surface area contributed by atoms with Crippen LogP contribution in [0.5, 0.6) is 5.75 Å². The van der Waals surface area contributed by atoms with Gasteiger partial charge in [0.1, 0.15) is 11.6 Å². The normalized spacial score (nSPS) is 11.0. The Balaban J connectivity index is 1.78. The number of benzene rings is 2. The van der Waals surface area contributed by atoms with Crippen molar-refractivity contribution in [2.75, 3.05) is 11.6 Å². The van der Waals surface area contributed by atoms with Gasteiger partial charge in [-0.2, -0.15) is 0 Å². The molecule has 3 aromatic rings. The molecule has 108 valence electrons. The molecule has 0 unspecified atom stereocenters. The fourth-order valence-corrected chi connectivity index (χ4v) is 3.57. The minimum absolute atomic E-state index is 0.0608. The summed E-state index contributed by atoms with van der Waals surface area (Å²) in [5.74, 6) is -0.497. The number of halogens is 1. The molecule has 0 saturated carbocycles. The van der Waals surface area contributed by atoms with Crippen molar-refractivity contribution in [2.45, 2.75) is 10.9 Å². The van der Waals surface area contributed by atoms with E-state index in [-0.39, 0.29) is 5.75 Å². The third-order valence-corrected chi connectivity index (χ3v) is 4.99. The van der Waals surface area contributed by atoms with Crippen molar-refractivity contribution in [1.29, 1.82) is 0 Å². The molecule has 1 heterocycles. The molecule has 0 amide bonds. The largest absolute Gasteiger partial charge is 0.508 e. The molecule has 0 spiro atoms. The molecule has 0 radical (unpaired) electrons. The van der Waals surface area contributed by atoms with Crippen molar-refractivity contribution >= 4 is 39.0 Å². The molecule has 0 aliphatic carbocycles. The number of phenols is 1. The molecule has 2 aromatic carbocycles. The van der Waals surface area contributed by atoms with E-state index >= 15 is 0 Å². The Morgan fingerprint density at radius 2 is 2.14 bits per heavy atom. The first kappa shape index (κ1) is 14.2. The molecule has 6 heteroatoms. The number of phenolic OH excluding ortho intramolecular Hbond substituents is 1. The zero-order chi connectivity index (χ0) is 14.8. The Hall–Kier alpha value is -1.79. The van der Waals surface area contributed by atoms with E-state index < -0.39 is 5.82 Å². The van der Waals surface area contributed by atoms with Gasteiger partial charge in [0, 0.05) is 18.3 Å². The molecule has 1 aromatic heterocycles. The zero-order valence-corrected chi connectivity index (χ0v) is 12.9. The minimum Gasteiger partial charge on any atom is -0.508 e. The first-order valence-electron chi connectivity index (χ1n) is 6.31. The van der Waals surface area contributed by atoms with Crippen molar-refractivity contribution in [1.82, 2.24) is 4.98 Å². The van der Waals surface area contributed by atoms with Gasteiger partial charge in [0.25, 0.3) is 0 Å². The van der Waals surface area contributed by atoms with Crippen molar-refractivity contribution in [2.24, 2.45) is 0 Å². The van der Waals surface area contributed by atoms with Gasteiger partial charge >= 0.3 is 0 Å². The van der Waals surface area contributed by atoms with Crippen molar-refractivity contribution in [3.8, 4) is 5.75 Å². The number of anilines is 1. The number of aromatic hydroxyl groups is 1. The SMILES string of the molecule is CSc1nc2ccc(NCc3cc(O)cc(F)c3)cc2s1. The van der Waals surface area contributed by atoms with Crippen LogP contribution in [0.3, 0.4) is 0 Å².